The number of carbonyl (C=O) groups is 1. The molecule has 4 heterocycles. The summed E-state index contributed by atoms with van der Waals surface area (Å²) in [5, 5.41) is 0. The number of amides is 1. The van der Waals surface area contributed by atoms with E-state index in [4.69, 9.17) is 9.47 Å². The lowest BCUT2D eigenvalue weighted by Gasteiger charge is -2.40. The third-order valence-electron chi connectivity index (χ3n) is 9.81. The summed E-state index contributed by atoms with van der Waals surface area (Å²) in [5.74, 6) is 1.74. The molecule has 12 heteroatoms. The van der Waals surface area contributed by atoms with Crippen LogP contribution in [0.3, 0.4) is 0 Å². The SMILES string of the molecule is CCC.Cc1cccc(C)c1-c1cc2nc(n1)NS(=O)(=O)c1cccc(c1)C(=O)N1C(CCc3ncc(OC(C)C)cn3)CCCC(O2)C1CCCC(C)C.[HH]. The van der Waals surface area contributed by atoms with Crippen LogP contribution in [0.15, 0.2) is 65.8 Å². The predicted molar refractivity (Wildman–Crippen MR) is 219 cm³/mol. The fourth-order valence-corrected chi connectivity index (χ4v) is 8.38. The van der Waals surface area contributed by atoms with E-state index < -0.39 is 10.0 Å². The van der Waals surface area contributed by atoms with Crippen molar-refractivity contribution in [2.45, 2.75) is 142 Å². The highest BCUT2D eigenvalue weighted by Gasteiger charge is 2.40. The minimum absolute atomic E-state index is 0. The van der Waals surface area contributed by atoms with Crippen LogP contribution in [-0.2, 0) is 16.4 Å². The Labute approximate surface area is 329 Å². The van der Waals surface area contributed by atoms with Crippen LogP contribution in [0.5, 0.6) is 11.6 Å². The van der Waals surface area contributed by atoms with Gasteiger partial charge in [0.05, 0.1) is 35.1 Å². The molecular weight excluding hydrogens is 713 g/mol. The second-order valence-electron chi connectivity index (χ2n) is 15.4. The van der Waals surface area contributed by atoms with E-state index in [1.54, 1.807) is 30.6 Å². The van der Waals surface area contributed by atoms with Crippen molar-refractivity contribution in [1.82, 2.24) is 24.8 Å². The van der Waals surface area contributed by atoms with Crippen molar-refractivity contribution in [3.05, 3.63) is 83.4 Å². The van der Waals surface area contributed by atoms with E-state index in [1.165, 1.54) is 18.6 Å². The summed E-state index contributed by atoms with van der Waals surface area (Å²) < 4.78 is 42.8. The predicted octanol–water partition coefficient (Wildman–Crippen LogP) is 9.38. The van der Waals surface area contributed by atoms with Crippen LogP contribution >= 0.6 is 0 Å². The van der Waals surface area contributed by atoms with Gasteiger partial charge in [-0.05, 0) is 95.0 Å². The van der Waals surface area contributed by atoms with Gasteiger partial charge in [-0.3, -0.25) is 4.79 Å². The maximum absolute atomic E-state index is 14.8. The molecule has 0 aliphatic carbocycles. The summed E-state index contributed by atoms with van der Waals surface area (Å²) in [7, 11) is -4.17. The molecule has 1 N–H and O–H groups in total. The van der Waals surface area contributed by atoms with Gasteiger partial charge in [-0.1, -0.05) is 71.2 Å². The second kappa shape index (κ2) is 18.8. The van der Waals surface area contributed by atoms with Gasteiger partial charge in [-0.25, -0.2) is 28.1 Å². The smallest absolute Gasteiger partial charge is 0.264 e. The standard InChI is InChI=1S/C40H50N6O5S.C3H8.H2/c1-25(2)11-7-17-34-35-18-10-15-30(19-20-36-41-23-31(24-42-36)50-26(3)4)46(34)39(47)29-14-9-16-32(21-29)52(48,49)45-40-43-33(22-37(44-40)51-35)38-27(5)12-8-13-28(38)6;1-3-2;/h8-9,12-14,16,21-26,30,34-35H,7,10-11,15,17-20H2,1-6H3,(H,43,44,45);3H2,1-2H3;1H. The maximum Gasteiger partial charge on any atom is 0.264 e. The van der Waals surface area contributed by atoms with Crippen LogP contribution in [-0.4, -0.2) is 63.5 Å². The number of fused-ring (bicyclic) bond motifs is 6. The number of benzene rings is 2. The van der Waals surface area contributed by atoms with E-state index >= 15 is 0 Å². The number of ether oxygens (including phenoxy) is 2. The molecule has 2 aliphatic heterocycles. The van der Waals surface area contributed by atoms with Crippen LogP contribution in [0.2, 0.25) is 0 Å². The van der Waals surface area contributed by atoms with Gasteiger partial charge in [0.1, 0.15) is 11.9 Å². The number of rotatable bonds is 10. The molecule has 2 aliphatic rings. The number of hydrogen-bond acceptors (Lipinski definition) is 9. The van der Waals surface area contributed by atoms with Gasteiger partial charge in [0, 0.05) is 31.1 Å². The number of nitrogens with zero attached hydrogens (tertiary/aromatic N) is 5. The van der Waals surface area contributed by atoms with E-state index in [2.05, 4.69) is 52.4 Å². The molecule has 1 fully saturated rings. The molecule has 1 saturated heterocycles. The summed E-state index contributed by atoms with van der Waals surface area (Å²) in [5.41, 5.74) is 3.74. The van der Waals surface area contributed by atoms with Crippen molar-refractivity contribution in [3.8, 4) is 22.9 Å². The van der Waals surface area contributed by atoms with Crippen LogP contribution in [0, 0.1) is 19.8 Å². The van der Waals surface area contributed by atoms with Crippen LogP contribution in [0.4, 0.5) is 5.95 Å². The Balaban J connectivity index is 0.00000169. The Kier molecular flexibility index (Phi) is 14.2. The maximum atomic E-state index is 14.8. The molecule has 3 unspecified atom stereocenters. The van der Waals surface area contributed by atoms with Crippen molar-refractivity contribution in [3.63, 3.8) is 0 Å². The Morgan fingerprint density at radius 3 is 2.33 bits per heavy atom. The lowest BCUT2D eigenvalue weighted by molar-refractivity contribution is 0.0287. The van der Waals surface area contributed by atoms with E-state index in [1.807, 2.05) is 50.8 Å². The van der Waals surface area contributed by atoms with Crippen molar-refractivity contribution in [2.75, 3.05) is 4.72 Å². The molecule has 55 heavy (non-hydrogen) atoms. The molecule has 1 amide bonds. The van der Waals surface area contributed by atoms with E-state index in [9.17, 15) is 13.2 Å². The van der Waals surface area contributed by atoms with Gasteiger partial charge in [0.15, 0.2) is 5.75 Å². The van der Waals surface area contributed by atoms with E-state index in [-0.39, 0.29) is 48.3 Å². The molecule has 6 bridgehead atoms. The quantitative estimate of drug-likeness (QED) is 0.167. The lowest BCUT2D eigenvalue weighted by Crippen LogP contribution is -2.52. The molecule has 3 atom stereocenters. The zero-order valence-corrected chi connectivity index (χ0v) is 34.5. The third kappa shape index (κ3) is 10.8. The highest BCUT2D eigenvalue weighted by molar-refractivity contribution is 7.92. The number of anilines is 1. The van der Waals surface area contributed by atoms with Crippen molar-refractivity contribution < 1.29 is 24.1 Å². The number of aryl methyl sites for hydroxylation is 3. The second-order valence-corrected chi connectivity index (χ2v) is 17.1. The fraction of sp³-hybridized carbons (Fsp3) is 0.512. The Bertz CT molecular complexity index is 1990. The zero-order chi connectivity index (χ0) is 39.7. The Morgan fingerprint density at radius 2 is 1.65 bits per heavy atom. The van der Waals surface area contributed by atoms with Crippen molar-refractivity contribution in [1.29, 1.82) is 0 Å². The van der Waals surface area contributed by atoms with E-state index in [0.29, 0.717) is 48.0 Å². The monoisotopic (exact) mass is 772 g/mol. The average molecular weight is 773 g/mol. The molecule has 2 aromatic carbocycles. The molecule has 0 spiro atoms. The largest absolute Gasteiger partial charge is 0.488 e. The van der Waals surface area contributed by atoms with Gasteiger partial charge >= 0.3 is 0 Å². The zero-order valence-electron chi connectivity index (χ0n) is 33.7. The summed E-state index contributed by atoms with van der Waals surface area (Å²) in [6.07, 6.45) is 10.4. The summed E-state index contributed by atoms with van der Waals surface area (Å²) in [4.78, 5) is 35.2. The summed E-state index contributed by atoms with van der Waals surface area (Å²) in [6.45, 7) is 16.6. The number of nitrogens with one attached hydrogen (secondary N) is 1. The Hall–Kier alpha value is -4.58. The minimum Gasteiger partial charge on any atom is -0.488 e. The number of carbonyl (C=O) groups excluding carboxylic acids is 1. The molecule has 4 aromatic rings. The molecule has 298 valence electrons. The van der Waals surface area contributed by atoms with Gasteiger partial charge in [0.2, 0.25) is 11.8 Å². The van der Waals surface area contributed by atoms with Gasteiger partial charge < -0.3 is 14.4 Å². The number of sulfonamides is 1. The van der Waals surface area contributed by atoms with Gasteiger partial charge in [0.25, 0.3) is 15.9 Å². The van der Waals surface area contributed by atoms with Crippen LogP contribution in [0.25, 0.3) is 11.3 Å². The molecule has 0 radical (unpaired) electrons. The number of hydrogen-bond donors (Lipinski definition) is 1. The van der Waals surface area contributed by atoms with Gasteiger partial charge in [-0.15, -0.1) is 0 Å². The summed E-state index contributed by atoms with van der Waals surface area (Å²) >= 11 is 0. The van der Waals surface area contributed by atoms with E-state index in [0.717, 1.165) is 48.8 Å². The lowest BCUT2D eigenvalue weighted by atomic mass is 9.95. The molecule has 0 saturated carbocycles. The molecule has 6 rings (SSSR count). The first-order valence-corrected chi connectivity index (χ1v) is 21.3. The highest BCUT2D eigenvalue weighted by atomic mass is 32.2. The minimum atomic E-state index is -4.17. The fourth-order valence-electron chi connectivity index (χ4n) is 7.39. The average Bonchev–Trinajstić information content (AvgIpc) is 3.29. The first kappa shape index (κ1) is 41.6. The number of aromatic nitrogens is 4. The Morgan fingerprint density at radius 1 is 0.964 bits per heavy atom. The third-order valence-corrected chi connectivity index (χ3v) is 11.1. The van der Waals surface area contributed by atoms with Gasteiger partial charge in [-0.2, -0.15) is 4.98 Å². The topological polar surface area (TPSA) is 136 Å². The van der Waals surface area contributed by atoms with Crippen LogP contribution in [0.1, 0.15) is 122 Å². The summed E-state index contributed by atoms with van der Waals surface area (Å²) in [6, 6.07) is 13.6. The van der Waals surface area contributed by atoms with Crippen LogP contribution < -0.4 is 14.2 Å². The normalized spacial score (nSPS) is 19.1. The molecule has 11 nitrogen and oxygen atoms in total. The first-order valence-electron chi connectivity index (χ1n) is 19.8. The highest BCUT2D eigenvalue weighted by Crippen LogP contribution is 2.35. The first-order chi connectivity index (χ1) is 26.3. The van der Waals surface area contributed by atoms with Crippen molar-refractivity contribution in [2.24, 2.45) is 5.92 Å². The molecular formula is C43H60N6O5S. The van der Waals surface area contributed by atoms with Crippen molar-refractivity contribution >= 4 is 21.9 Å². The molecule has 2 aromatic heterocycles.